The van der Waals surface area contributed by atoms with Gasteiger partial charge in [0, 0.05) is 23.9 Å². The zero-order valence-corrected chi connectivity index (χ0v) is 14.3. The Hall–Kier alpha value is -2.82. The summed E-state index contributed by atoms with van der Waals surface area (Å²) in [5, 5.41) is 5.49. The van der Waals surface area contributed by atoms with Crippen LogP contribution < -0.4 is 15.4 Å². The van der Waals surface area contributed by atoms with Gasteiger partial charge in [0.05, 0.1) is 0 Å². The van der Waals surface area contributed by atoms with E-state index in [1.54, 1.807) is 48.5 Å². The highest BCUT2D eigenvalue weighted by atomic mass is 16.5. The van der Waals surface area contributed by atoms with Crippen LogP contribution in [0.5, 0.6) is 5.75 Å². The fraction of sp³-hybridized carbons (Fsp3) is 0.263. The highest BCUT2D eigenvalue weighted by molar-refractivity contribution is 6.04. The molecule has 0 unspecified atom stereocenters. The van der Waals surface area contributed by atoms with Crippen LogP contribution in [0.15, 0.2) is 48.5 Å². The smallest absolute Gasteiger partial charge is 0.255 e. The Balaban J connectivity index is 2.06. The average Bonchev–Trinajstić information content (AvgIpc) is 2.46. The molecule has 0 spiro atoms. The normalized spacial score (nSPS) is 10.8. The minimum atomic E-state index is -0.284. The van der Waals surface area contributed by atoms with E-state index in [4.69, 9.17) is 4.74 Å². The topological polar surface area (TPSA) is 67.4 Å². The Morgan fingerprint density at radius 2 is 1.50 bits per heavy atom. The largest absolute Gasteiger partial charge is 0.488 e. The Morgan fingerprint density at radius 1 is 0.917 bits per heavy atom. The van der Waals surface area contributed by atoms with Crippen molar-refractivity contribution < 1.29 is 14.3 Å². The maximum Gasteiger partial charge on any atom is 0.255 e. The zero-order chi connectivity index (χ0) is 17.7. The van der Waals surface area contributed by atoms with Crippen molar-refractivity contribution in [2.45, 2.75) is 33.3 Å². The molecule has 2 aromatic rings. The molecule has 2 amide bonds. The van der Waals surface area contributed by atoms with Gasteiger partial charge in [0.2, 0.25) is 5.91 Å². The van der Waals surface area contributed by atoms with E-state index >= 15 is 0 Å². The van der Waals surface area contributed by atoms with Crippen LogP contribution in [0.25, 0.3) is 0 Å². The monoisotopic (exact) mass is 326 g/mol. The SMILES string of the molecule is CC(=O)Nc1cccc(NC(=O)c2ccc(OC(C)(C)C)cc2)c1. The molecule has 0 aliphatic rings. The Morgan fingerprint density at radius 3 is 2.04 bits per heavy atom. The standard InChI is InChI=1S/C19H22N2O3/c1-13(22)20-15-6-5-7-16(12-15)21-18(23)14-8-10-17(11-9-14)24-19(2,3)4/h5-12H,1-4H3,(H,20,22)(H,21,23). The van der Waals surface area contributed by atoms with Crippen molar-refractivity contribution in [2.24, 2.45) is 0 Å². The van der Waals surface area contributed by atoms with Crippen molar-refractivity contribution in [1.82, 2.24) is 0 Å². The molecule has 0 radical (unpaired) electrons. The number of benzene rings is 2. The molecule has 126 valence electrons. The Labute approximate surface area is 142 Å². The molecule has 24 heavy (non-hydrogen) atoms. The first kappa shape index (κ1) is 17.5. The second kappa shape index (κ2) is 7.17. The first-order chi connectivity index (χ1) is 11.2. The quantitative estimate of drug-likeness (QED) is 0.890. The third-order valence-electron chi connectivity index (χ3n) is 2.98. The van der Waals surface area contributed by atoms with Crippen molar-refractivity contribution in [2.75, 3.05) is 10.6 Å². The minimum absolute atomic E-state index is 0.159. The lowest BCUT2D eigenvalue weighted by Gasteiger charge is -2.21. The number of hydrogen-bond donors (Lipinski definition) is 2. The summed E-state index contributed by atoms with van der Waals surface area (Å²) < 4.78 is 5.74. The zero-order valence-electron chi connectivity index (χ0n) is 14.3. The van der Waals surface area contributed by atoms with Gasteiger partial charge in [-0.3, -0.25) is 9.59 Å². The van der Waals surface area contributed by atoms with Crippen molar-refractivity contribution in [1.29, 1.82) is 0 Å². The number of nitrogens with one attached hydrogen (secondary N) is 2. The van der Waals surface area contributed by atoms with Crippen LogP contribution in [-0.4, -0.2) is 17.4 Å². The summed E-state index contributed by atoms with van der Waals surface area (Å²) >= 11 is 0. The lowest BCUT2D eigenvalue weighted by molar-refractivity contribution is -0.114. The predicted molar refractivity (Wildman–Crippen MR) is 95.5 cm³/mol. The van der Waals surface area contributed by atoms with Gasteiger partial charge in [0.1, 0.15) is 11.4 Å². The van der Waals surface area contributed by atoms with Crippen LogP contribution in [0.1, 0.15) is 38.1 Å². The molecule has 0 saturated carbocycles. The first-order valence-electron chi connectivity index (χ1n) is 7.71. The summed E-state index contributed by atoms with van der Waals surface area (Å²) in [6.45, 7) is 7.34. The molecule has 0 bridgehead atoms. The van der Waals surface area contributed by atoms with Crippen LogP contribution in [0, 0.1) is 0 Å². The highest BCUT2D eigenvalue weighted by Gasteiger charge is 2.12. The molecule has 0 fully saturated rings. The Kier molecular flexibility index (Phi) is 5.24. The minimum Gasteiger partial charge on any atom is -0.488 e. The second-order valence-electron chi connectivity index (χ2n) is 6.45. The summed E-state index contributed by atoms with van der Waals surface area (Å²) in [7, 11) is 0. The van der Waals surface area contributed by atoms with E-state index < -0.39 is 0 Å². The fourth-order valence-electron chi connectivity index (χ4n) is 2.11. The van der Waals surface area contributed by atoms with Gasteiger partial charge in [-0.15, -0.1) is 0 Å². The summed E-state index contributed by atoms with van der Waals surface area (Å²) in [6, 6.07) is 14.0. The van der Waals surface area contributed by atoms with Gasteiger partial charge in [-0.2, -0.15) is 0 Å². The number of ether oxygens (including phenoxy) is 1. The van der Waals surface area contributed by atoms with Crippen molar-refractivity contribution in [3.8, 4) is 5.75 Å². The predicted octanol–water partition coefficient (Wildman–Crippen LogP) is 4.07. The number of rotatable bonds is 4. The van der Waals surface area contributed by atoms with Crippen LogP contribution in [0.2, 0.25) is 0 Å². The summed E-state index contributed by atoms with van der Waals surface area (Å²) in [5.41, 5.74) is 1.49. The van der Waals surface area contributed by atoms with Crippen LogP contribution in [0.3, 0.4) is 0 Å². The lowest BCUT2D eigenvalue weighted by atomic mass is 10.1. The number of amides is 2. The fourth-order valence-corrected chi connectivity index (χ4v) is 2.11. The van der Waals surface area contributed by atoms with Gasteiger partial charge in [-0.25, -0.2) is 0 Å². The number of hydrogen-bond acceptors (Lipinski definition) is 3. The molecular formula is C19H22N2O3. The molecule has 2 N–H and O–H groups in total. The van der Waals surface area contributed by atoms with Gasteiger partial charge >= 0.3 is 0 Å². The van der Waals surface area contributed by atoms with Crippen LogP contribution in [-0.2, 0) is 4.79 Å². The average molecular weight is 326 g/mol. The molecular weight excluding hydrogens is 304 g/mol. The van der Waals surface area contributed by atoms with E-state index in [0.29, 0.717) is 22.7 Å². The molecule has 0 heterocycles. The first-order valence-corrected chi connectivity index (χ1v) is 7.71. The number of carbonyl (C=O) groups is 2. The van der Waals surface area contributed by atoms with Gasteiger partial charge in [-0.1, -0.05) is 6.07 Å². The van der Waals surface area contributed by atoms with E-state index in [-0.39, 0.29) is 17.4 Å². The third kappa shape index (κ3) is 5.43. The van der Waals surface area contributed by atoms with E-state index in [9.17, 15) is 9.59 Å². The Bertz CT molecular complexity index is 731. The number of anilines is 2. The second-order valence-corrected chi connectivity index (χ2v) is 6.45. The lowest BCUT2D eigenvalue weighted by Crippen LogP contribution is -2.23. The summed E-state index contributed by atoms with van der Waals surface area (Å²) in [5.74, 6) is 0.330. The van der Waals surface area contributed by atoms with Crippen LogP contribution in [0.4, 0.5) is 11.4 Å². The molecule has 0 atom stereocenters. The highest BCUT2D eigenvalue weighted by Crippen LogP contribution is 2.20. The number of carbonyl (C=O) groups excluding carboxylic acids is 2. The molecule has 0 aromatic heterocycles. The van der Waals surface area contributed by atoms with E-state index in [1.807, 2.05) is 20.8 Å². The maximum absolute atomic E-state index is 12.3. The van der Waals surface area contributed by atoms with Crippen LogP contribution >= 0.6 is 0 Å². The van der Waals surface area contributed by atoms with Crippen molar-refractivity contribution in [3.05, 3.63) is 54.1 Å². The van der Waals surface area contributed by atoms with Crippen molar-refractivity contribution >= 4 is 23.2 Å². The molecule has 5 nitrogen and oxygen atoms in total. The van der Waals surface area contributed by atoms with Gasteiger partial charge in [0.15, 0.2) is 0 Å². The molecule has 5 heteroatoms. The molecule has 2 aromatic carbocycles. The molecule has 0 aliphatic heterocycles. The van der Waals surface area contributed by atoms with Crippen molar-refractivity contribution in [3.63, 3.8) is 0 Å². The van der Waals surface area contributed by atoms with Gasteiger partial charge in [0.25, 0.3) is 5.91 Å². The van der Waals surface area contributed by atoms with Gasteiger partial charge in [-0.05, 0) is 63.2 Å². The van der Waals surface area contributed by atoms with Gasteiger partial charge < -0.3 is 15.4 Å². The molecule has 2 rings (SSSR count). The summed E-state index contributed by atoms with van der Waals surface area (Å²) in [4.78, 5) is 23.4. The molecule has 0 aliphatic carbocycles. The summed E-state index contributed by atoms with van der Waals surface area (Å²) in [6.07, 6.45) is 0. The third-order valence-corrected chi connectivity index (χ3v) is 2.98. The maximum atomic E-state index is 12.3. The van der Waals surface area contributed by atoms with E-state index in [0.717, 1.165) is 0 Å². The molecule has 0 saturated heterocycles. The van der Waals surface area contributed by atoms with E-state index in [2.05, 4.69) is 10.6 Å². The van der Waals surface area contributed by atoms with E-state index in [1.165, 1.54) is 6.92 Å².